The van der Waals surface area contributed by atoms with Gasteiger partial charge in [0.1, 0.15) is 18.2 Å². The minimum Gasteiger partial charge on any atom is -0.478 e. The number of halogens is 2. The summed E-state index contributed by atoms with van der Waals surface area (Å²) in [5, 5.41) is 9.81. The van der Waals surface area contributed by atoms with E-state index < -0.39 is 11.8 Å². The van der Waals surface area contributed by atoms with Crippen molar-refractivity contribution < 1.29 is 23.8 Å². The Hall–Kier alpha value is -3.53. The highest BCUT2D eigenvalue weighted by Gasteiger charge is 2.29. The van der Waals surface area contributed by atoms with E-state index in [0.717, 1.165) is 41.9 Å². The lowest BCUT2D eigenvalue weighted by Crippen LogP contribution is -2.40. The van der Waals surface area contributed by atoms with Gasteiger partial charge in [0.05, 0.1) is 29.7 Å². The molecule has 2 aromatic heterocycles. The van der Waals surface area contributed by atoms with Crippen molar-refractivity contribution in [3.05, 3.63) is 88.1 Å². The van der Waals surface area contributed by atoms with Crippen LogP contribution in [0.3, 0.4) is 0 Å². The monoisotopic (exact) mass is 566 g/mol. The maximum atomic E-state index is 14.1. The minimum absolute atomic E-state index is 0.0757. The second-order valence-electron chi connectivity index (χ2n) is 10.1. The molecule has 4 aromatic rings. The number of carboxylic acids is 1. The number of piperidine rings is 1. The lowest BCUT2D eigenvalue weighted by Gasteiger charge is -2.37. The lowest BCUT2D eigenvalue weighted by molar-refractivity contribution is 0.0697. The van der Waals surface area contributed by atoms with Gasteiger partial charge in [-0.25, -0.2) is 19.2 Å². The third-order valence-corrected chi connectivity index (χ3v) is 7.74. The highest BCUT2D eigenvalue weighted by molar-refractivity contribution is 6.30. The van der Waals surface area contributed by atoms with Crippen molar-refractivity contribution >= 4 is 28.6 Å². The molecule has 1 aliphatic heterocycles. The molecule has 210 valence electrons. The van der Waals surface area contributed by atoms with E-state index in [4.69, 9.17) is 31.0 Å². The fourth-order valence-corrected chi connectivity index (χ4v) is 5.45. The molecule has 1 fully saturated rings. The molecule has 2 aromatic carbocycles. The van der Waals surface area contributed by atoms with E-state index in [-0.39, 0.29) is 24.1 Å². The Morgan fingerprint density at radius 1 is 1.18 bits per heavy atom. The molecule has 10 heteroatoms. The Bertz CT molecular complexity index is 1510. The number of aromatic carboxylic acids is 1. The van der Waals surface area contributed by atoms with Gasteiger partial charge in [0.2, 0.25) is 5.88 Å². The molecule has 5 rings (SSSR count). The van der Waals surface area contributed by atoms with Crippen molar-refractivity contribution in [2.75, 3.05) is 20.3 Å². The molecule has 40 heavy (non-hydrogen) atoms. The Balaban J connectivity index is 1.26. The van der Waals surface area contributed by atoms with Gasteiger partial charge >= 0.3 is 5.97 Å². The fourth-order valence-electron chi connectivity index (χ4n) is 5.29. The summed E-state index contributed by atoms with van der Waals surface area (Å²) >= 11 is 5.84. The van der Waals surface area contributed by atoms with Crippen LogP contribution in [0.15, 0.2) is 54.6 Å². The standard InChI is InChI=1S/C30H32ClFN4O4/c1-19-14-20(25-4-3-5-29(34-25)40-18-22-6-8-23(31)16-24(22)32)10-11-35(19)17-28-33-26-9-7-21(30(37)38)15-27(26)36(28)12-13-39-2/h3-9,15-16,19-20H,10-14,17-18H2,1-2H3,(H,37,38)/t19-,20-/m0/s1. The summed E-state index contributed by atoms with van der Waals surface area (Å²) < 4.78 is 27.3. The van der Waals surface area contributed by atoms with Crippen LogP contribution in [-0.4, -0.2) is 56.8 Å². The van der Waals surface area contributed by atoms with E-state index in [1.54, 1.807) is 43.5 Å². The van der Waals surface area contributed by atoms with E-state index in [9.17, 15) is 14.3 Å². The number of hydrogen-bond acceptors (Lipinski definition) is 6. The van der Waals surface area contributed by atoms with Gasteiger partial charge < -0.3 is 19.1 Å². The molecule has 0 radical (unpaired) electrons. The topological polar surface area (TPSA) is 89.7 Å². The maximum absolute atomic E-state index is 14.1. The summed E-state index contributed by atoms with van der Waals surface area (Å²) in [5.41, 5.74) is 3.21. The number of methoxy groups -OCH3 is 1. The normalized spacial score (nSPS) is 17.8. The zero-order valence-electron chi connectivity index (χ0n) is 22.5. The third kappa shape index (κ3) is 6.27. The Labute approximate surface area is 237 Å². The molecular formula is C30H32ClFN4O4. The number of imidazole rings is 1. The quantitative estimate of drug-likeness (QED) is 0.255. The van der Waals surface area contributed by atoms with Crippen molar-refractivity contribution in [2.45, 2.75) is 51.4 Å². The van der Waals surface area contributed by atoms with Gasteiger partial charge in [-0.15, -0.1) is 0 Å². The molecule has 3 heterocycles. The predicted molar refractivity (Wildman–Crippen MR) is 150 cm³/mol. The lowest BCUT2D eigenvalue weighted by atomic mass is 9.88. The first-order valence-electron chi connectivity index (χ1n) is 13.3. The minimum atomic E-state index is -0.959. The molecule has 0 unspecified atom stereocenters. The molecule has 0 saturated carbocycles. The van der Waals surface area contributed by atoms with Crippen LogP contribution in [0, 0.1) is 5.82 Å². The van der Waals surface area contributed by atoms with Gasteiger partial charge in [0, 0.05) is 48.0 Å². The van der Waals surface area contributed by atoms with E-state index >= 15 is 0 Å². The average molecular weight is 567 g/mol. The first-order valence-corrected chi connectivity index (χ1v) is 13.7. The van der Waals surface area contributed by atoms with Gasteiger partial charge in [0.15, 0.2) is 0 Å². The van der Waals surface area contributed by atoms with E-state index in [0.29, 0.717) is 36.2 Å². The molecule has 1 N–H and O–H groups in total. The molecule has 0 amide bonds. The van der Waals surface area contributed by atoms with Crippen molar-refractivity contribution in [3.8, 4) is 5.88 Å². The van der Waals surface area contributed by atoms with Crippen molar-refractivity contribution in [1.82, 2.24) is 19.4 Å². The van der Waals surface area contributed by atoms with E-state index in [1.165, 1.54) is 6.07 Å². The van der Waals surface area contributed by atoms with Crippen LogP contribution in [-0.2, 0) is 24.4 Å². The van der Waals surface area contributed by atoms with Crippen LogP contribution in [0.5, 0.6) is 5.88 Å². The number of pyridine rings is 1. The molecule has 0 spiro atoms. The number of ether oxygens (including phenoxy) is 2. The van der Waals surface area contributed by atoms with Crippen LogP contribution in [0.1, 0.15) is 53.1 Å². The summed E-state index contributed by atoms with van der Waals surface area (Å²) in [6.07, 6.45) is 1.85. The molecule has 1 saturated heterocycles. The van der Waals surface area contributed by atoms with E-state index in [2.05, 4.69) is 16.4 Å². The highest BCUT2D eigenvalue weighted by atomic mass is 35.5. The molecular weight excluding hydrogens is 535 g/mol. The maximum Gasteiger partial charge on any atom is 0.335 e. The smallest absolute Gasteiger partial charge is 0.335 e. The van der Waals surface area contributed by atoms with Gasteiger partial charge in [-0.2, -0.15) is 0 Å². The Kier molecular flexibility index (Phi) is 8.63. The highest BCUT2D eigenvalue weighted by Crippen LogP contribution is 2.33. The zero-order chi connectivity index (χ0) is 28.2. The zero-order valence-corrected chi connectivity index (χ0v) is 23.3. The second-order valence-corrected chi connectivity index (χ2v) is 10.6. The molecule has 8 nitrogen and oxygen atoms in total. The van der Waals surface area contributed by atoms with Crippen LogP contribution in [0.25, 0.3) is 11.0 Å². The number of carboxylic acid groups (broad SMARTS) is 1. The van der Waals surface area contributed by atoms with Crippen LogP contribution in [0.4, 0.5) is 4.39 Å². The number of nitrogens with zero attached hydrogens (tertiary/aromatic N) is 4. The number of aromatic nitrogens is 3. The SMILES string of the molecule is COCCn1c(CN2CC[C@H](c3cccc(OCc4ccc(Cl)cc4F)n3)C[C@@H]2C)nc2ccc(C(=O)O)cc21. The first-order chi connectivity index (χ1) is 19.3. The van der Waals surface area contributed by atoms with Crippen molar-refractivity contribution in [3.63, 3.8) is 0 Å². The molecule has 0 bridgehead atoms. The number of fused-ring (bicyclic) bond motifs is 1. The summed E-state index contributed by atoms with van der Waals surface area (Å²) in [6, 6.07) is 15.6. The number of likely N-dealkylation sites (tertiary alicyclic amines) is 1. The van der Waals surface area contributed by atoms with Crippen molar-refractivity contribution in [1.29, 1.82) is 0 Å². The Morgan fingerprint density at radius 3 is 2.77 bits per heavy atom. The van der Waals surface area contributed by atoms with Gasteiger partial charge in [-0.05, 0) is 62.7 Å². The number of carbonyl (C=O) groups is 1. The van der Waals surface area contributed by atoms with Crippen LogP contribution >= 0.6 is 11.6 Å². The molecule has 0 aliphatic carbocycles. The van der Waals surface area contributed by atoms with Gasteiger partial charge in [-0.3, -0.25) is 4.90 Å². The van der Waals surface area contributed by atoms with Crippen LogP contribution < -0.4 is 4.74 Å². The van der Waals surface area contributed by atoms with Gasteiger partial charge in [-0.1, -0.05) is 23.7 Å². The molecule has 2 atom stereocenters. The van der Waals surface area contributed by atoms with Gasteiger partial charge in [0.25, 0.3) is 0 Å². The summed E-state index contributed by atoms with van der Waals surface area (Å²) in [4.78, 5) is 23.5. The third-order valence-electron chi connectivity index (χ3n) is 7.51. The van der Waals surface area contributed by atoms with E-state index in [1.807, 2.05) is 12.1 Å². The largest absolute Gasteiger partial charge is 0.478 e. The van der Waals surface area contributed by atoms with Crippen LogP contribution in [0.2, 0.25) is 5.02 Å². The predicted octanol–water partition coefficient (Wildman–Crippen LogP) is 5.92. The average Bonchev–Trinajstić information content (AvgIpc) is 3.28. The second kappa shape index (κ2) is 12.3. The number of hydrogen-bond donors (Lipinski definition) is 1. The van der Waals surface area contributed by atoms with Crippen molar-refractivity contribution in [2.24, 2.45) is 0 Å². The molecule has 1 aliphatic rings. The Morgan fingerprint density at radius 2 is 2.02 bits per heavy atom. The summed E-state index contributed by atoms with van der Waals surface area (Å²) in [5.74, 6) is 0.270. The fraction of sp³-hybridized carbons (Fsp3) is 0.367. The summed E-state index contributed by atoms with van der Waals surface area (Å²) in [6.45, 7) is 4.89. The number of benzene rings is 2. The summed E-state index contributed by atoms with van der Waals surface area (Å²) in [7, 11) is 1.65. The first kappa shape index (κ1) is 28.0. The number of rotatable bonds is 10.